The maximum absolute atomic E-state index is 12.1. The van der Waals surface area contributed by atoms with Crippen molar-refractivity contribution in [3.05, 3.63) is 47.4 Å². The van der Waals surface area contributed by atoms with Crippen molar-refractivity contribution in [2.24, 2.45) is 0 Å². The molecule has 0 fully saturated rings. The molecule has 20 heavy (non-hydrogen) atoms. The second-order valence-electron chi connectivity index (χ2n) is 4.65. The lowest BCUT2D eigenvalue weighted by Crippen LogP contribution is -2.12. The van der Waals surface area contributed by atoms with E-state index in [9.17, 15) is 4.79 Å². The first-order valence-corrected chi connectivity index (χ1v) is 6.71. The van der Waals surface area contributed by atoms with E-state index in [2.05, 4.69) is 12.2 Å². The van der Waals surface area contributed by atoms with Crippen LogP contribution in [0.5, 0.6) is 5.75 Å². The van der Waals surface area contributed by atoms with Crippen LogP contribution in [0.1, 0.15) is 35.2 Å². The molecule has 0 radical (unpaired) electrons. The Morgan fingerprint density at radius 2 is 1.95 bits per heavy atom. The predicted molar refractivity (Wildman–Crippen MR) is 78.4 cm³/mol. The highest BCUT2D eigenvalue weighted by Gasteiger charge is 2.13. The number of benzene rings is 1. The van der Waals surface area contributed by atoms with Gasteiger partial charge >= 0.3 is 0 Å². The number of anilines is 1. The number of hydrogen-bond acceptors (Lipinski definition) is 3. The van der Waals surface area contributed by atoms with Crippen molar-refractivity contribution >= 4 is 11.6 Å². The van der Waals surface area contributed by atoms with Gasteiger partial charge in [0.15, 0.2) is 0 Å². The predicted octanol–water partition coefficient (Wildman–Crippen LogP) is 3.94. The molecule has 0 aliphatic heterocycles. The van der Waals surface area contributed by atoms with E-state index in [0.29, 0.717) is 17.9 Å². The van der Waals surface area contributed by atoms with Crippen LogP contribution in [0.15, 0.2) is 34.7 Å². The molecule has 0 aliphatic rings. The molecule has 1 amide bonds. The molecule has 1 aromatic heterocycles. The van der Waals surface area contributed by atoms with Gasteiger partial charge in [0.25, 0.3) is 5.91 Å². The van der Waals surface area contributed by atoms with Gasteiger partial charge < -0.3 is 14.5 Å². The van der Waals surface area contributed by atoms with Gasteiger partial charge in [0.2, 0.25) is 0 Å². The molecule has 0 saturated carbocycles. The topological polar surface area (TPSA) is 51.5 Å². The lowest BCUT2D eigenvalue weighted by molar-refractivity contribution is 0.102. The zero-order valence-corrected chi connectivity index (χ0v) is 12.0. The Kier molecular flexibility index (Phi) is 4.45. The largest absolute Gasteiger partial charge is 0.494 e. The van der Waals surface area contributed by atoms with Crippen LogP contribution in [0, 0.1) is 13.8 Å². The standard InChI is InChI=1S/C16H19NO3/c1-4-9-19-14-7-5-13(6-8-14)17-16(18)15-10-11(2)20-12(15)3/h5-8,10H,4,9H2,1-3H3,(H,17,18). The fourth-order valence-electron chi connectivity index (χ4n) is 1.91. The molecular formula is C16H19NO3. The molecule has 0 bridgehead atoms. The highest BCUT2D eigenvalue weighted by atomic mass is 16.5. The first kappa shape index (κ1) is 14.2. The van der Waals surface area contributed by atoms with Crippen LogP contribution in [0.4, 0.5) is 5.69 Å². The minimum Gasteiger partial charge on any atom is -0.494 e. The van der Waals surface area contributed by atoms with Crippen LogP contribution >= 0.6 is 0 Å². The Morgan fingerprint density at radius 1 is 1.25 bits per heavy atom. The van der Waals surface area contributed by atoms with Gasteiger partial charge in [-0.1, -0.05) is 6.92 Å². The van der Waals surface area contributed by atoms with Crippen molar-refractivity contribution in [2.45, 2.75) is 27.2 Å². The summed E-state index contributed by atoms with van der Waals surface area (Å²) in [6.07, 6.45) is 0.970. The van der Waals surface area contributed by atoms with Crippen LogP contribution in [0.2, 0.25) is 0 Å². The molecule has 2 rings (SSSR count). The molecule has 1 aromatic carbocycles. The van der Waals surface area contributed by atoms with E-state index in [0.717, 1.165) is 23.6 Å². The Hall–Kier alpha value is -2.23. The normalized spacial score (nSPS) is 10.3. The molecule has 2 aromatic rings. The van der Waals surface area contributed by atoms with Crippen molar-refractivity contribution < 1.29 is 13.9 Å². The zero-order chi connectivity index (χ0) is 14.5. The third-order valence-corrected chi connectivity index (χ3v) is 2.87. The number of rotatable bonds is 5. The molecule has 0 atom stereocenters. The summed E-state index contributed by atoms with van der Waals surface area (Å²) in [6.45, 7) is 6.36. The maximum atomic E-state index is 12.1. The molecule has 1 N–H and O–H groups in total. The summed E-state index contributed by atoms with van der Waals surface area (Å²) in [5, 5.41) is 2.84. The Labute approximate surface area is 118 Å². The quantitative estimate of drug-likeness (QED) is 0.897. The maximum Gasteiger partial charge on any atom is 0.259 e. The molecule has 4 heteroatoms. The number of carbonyl (C=O) groups is 1. The Morgan fingerprint density at radius 3 is 2.50 bits per heavy atom. The number of amides is 1. The second kappa shape index (κ2) is 6.28. The SMILES string of the molecule is CCCOc1ccc(NC(=O)c2cc(C)oc2C)cc1. The zero-order valence-electron chi connectivity index (χ0n) is 12.0. The van der Waals surface area contributed by atoms with Crippen molar-refractivity contribution in [3.63, 3.8) is 0 Å². The number of furan rings is 1. The van der Waals surface area contributed by atoms with Crippen LogP contribution in [-0.4, -0.2) is 12.5 Å². The average Bonchev–Trinajstić information content (AvgIpc) is 2.77. The summed E-state index contributed by atoms with van der Waals surface area (Å²) < 4.78 is 10.9. The lowest BCUT2D eigenvalue weighted by Gasteiger charge is -2.07. The van der Waals surface area contributed by atoms with Gasteiger partial charge in [-0.15, -0.1) is 0 Å². The molecule has 106 valence electrons. The third kappa shape index (κ3) is 3.41. The second-order valence-corrected chi connectivity index (χ2v) is 4.65. The van der Waals surface area contributed by atoms with Crippen LogP contribution < -0.4 is 10.1 Å². The Bertz CT molecular complexity index is 584. The van der Waals surface area contributed by atoms with Gasteiger partial charge in [0, 0.05) is 5.69 Å². The van der Waals surface area contributed by atoms with E-state index in [1.165, 1.54) is 0 Å². The summed E-state index contributed by atoms with van der Waals surface area (Å²) in [7, 11) is 0. The number of hydrogen-bond donors (Lipinski definition) is 1. The van der Waals surface area contributed by atoms with E-state index in [1.807, 2.05) is 31.2 Å². The van der Waals surface area contributed by atoms with Crippen molar-refractivity contribution in [3.8, 4) is 5.75 Å². The fraction of sp³-hybridized carbons (Fsp3) is 0.312. The lowest BCUT2D eigenvalue weighted by atomic mass is 10.2. The number of carbonyl (C=O) groups excluding carboxylic acids is 1. The molecule has 4 nitrogen and oxygen atoms in total. The number of nitrogens with one attached hydrogen (secondary N) is 1. The molecule has 1 heterocycles. The van der Waals surface area contributed by atoms with E-state index in [-0.39, 0.29) is 5.91 Å². The van der Waals surface area contributed by atoms with Gasteiger partial charge in [0.1, 0.15) is 17.3 Å². The van der Waals surface area contributed by atoms with Gasteiger partial charge in [-0.05, 0) is 50.6 Å². The van der Waals surface area contributed by atoms with E-state index < -0.39 is 0 Å². The highest BCUT2D eigenvalue weighted by Crippen LogP contribution is 2.19. The van der Waals surface area contributed by atoms with Crippen LogP contribution in [0.3, 0.4) is 0 Å². The smallest absolute Gasteiger partial charge is 0.259 e. The van der Waals surface area contributed by atoms with Gasteiger partial charge in [-0.2, -0.15) is 0 Å². The molecule has 0 spiro atoms. The van der Waals surface area contributed by atoms with Gasteiger partial charge in [-0.3, -0.25) is 4.79 Å². The fourth-order valence-corrected chi connectivity index (χ4v) is 1.91. The summed E-state index contributed by atoms with van der Waals surface area (Å²) >= 11 is 0. The van der Waals surface area contributed by atoms with Gasteiger partial charge in [0.05, 0.1) is 12.2 Å². The minimum absolute atomic E-state index is 0.165. The van der Waals surface area contributed by atoms with Crippen molar-refractivity contribution in [2.75, 3.05) is 11.9 Å². The molecular weight excluding hydrogens is 254 g/mol. The van der Waals surface area contributed by atoms with Crippen LogP contribution in [0.25, 0.3) is 0 Å². The monoisotopic (exact) mass is 273 g/mol. The van der Waals surface area contributed by atoms with Crippen molar-refractivity contribution in [1.29, 1.82) is 0 Å². The first-order chi connectivity index (χ1) is 9.60. The van der Waals surface area contributed by atoms with E-state index >= 15 is 0 Å². The van der Waals surface area contributed by atoms with Crippen LogP contribution in [-0.2, 0) is 0 Å². The minimum atomic E-state index is -0.165. The Balaban J connectivity index is 2.02. The molecule has 0 unspecified atom stereocenters. The molecule has 0 aliphatic carbocycles. The first-order valence-electron chi connectivity index (χ1n) is 6.71. The van der Waals surface area contributed by atoms with E-state index in [4.69, 9.17) is 9.15 Å². The highest BCUT2D eigenvalue weighted by molar-refractivity contribution is 6.05. The number of aryl methyl sites for hydroxylation is 2. The van der Waals surface area contributed by atoms with E-state index in [1.54, 1.807) is 13.0 Å². The van der Waals surface area contributed by atoms with Crippen molar-refractivity contribution in [1.82, 2.24) is 0 Å². The number of ether oxygens (including phenoxy) is 1. The molecule has 0 saturated heterocycles. The van der Waals surface area contributed by atoms with Gasteiger partial charge in [-0.25, -0.2) is 0 Å². The third-order valence-electron chi connectivity index (χ3n) is 2.87. The summed E-state index contributed by atoms with van der Waals surface area (Å²) in [5.41, 5.74) is 1.30. The summed E-state index contributed by atoms with van der Waals surface area (Å²) in [4.78, 5) is 12.1. The average molecular weight is 273 g/mol. The summed E-state index contributed by atoms with van der Waals surface area (Å²) in [6, 6.07) is 9.08. The summed E-state index contributed by atoms with van der Waals surface area (Å²) in [5.74, 6) is 2.00.